The molecule has 0 radical (unpaired) electrons. The maximum absolute atomic E-state index is 13.0. The molecule has 2 aromatic heterocycles. The highest BCUT2D eigenvalue weighted by Gasteiger charge is 2.14. The van der Waals surface area contributed by atoms with Crippen LogP contribution in [-0.4, -0.2) is 16.5 Å². The van der Waals surface area contributed by atoms with Crippen molar-refractivity contribution in [1.82, 2.24) is 9.38 Å². The lowest BCUT2D eigenvalue weighted by molar-refractivity contribution is 0.284. The predicted molar refractivity (Wildman–Crippen MR) is 132 cm³/mol. The minimum absolute atomic E-state index is 0.107. The maximum atomic E-state index is 13.0. The van der Waals surface area contributed by atoms with Gasteiger partial charge in [-0.3, -0.25) is 4.79 Å². The summed E-state index contributed by atoms with van der Waals surface area (Å²) in [5, 5.41) is 0.409. The van der Waals surface area contributed by atoms with Crippen molar-refractivity contribution in [3.05, 3.63) is 96.2 Å². The highest BCUT2D eigenvalue weighted by molar-refractivity contribution is 9.10. The maximum Gasteiger partial charge on any atom is 0.274 e. The van der Waals surface area contributed by atoms with Gasteiger partial charge in [-0.2, -0.15) is 0 Å². The van der Waals surface area contributed by atoms with Crippen LogP contribution in [0.3, 0.4) is 0 Å². The van der Waals surface area contributed by atoms with Crippen molar-refractivity contribution >= 4 is 60.9 Å². The number of hydrogen-bond acceptors (Lipinski definition) is 5. The molecule has 5 rings (SSSR count). The number of nitrogens with zero attached hydrogens (tertiary/aromatic N) is 2. The predicted octanol–water partition coefficient (Wildman–Crippen LogP) is 5.46. The molecule has 5 aromatic rings. The minimum atomic E-state index is -0.107. The van der Waals surface area contributed by atoms with E-state index in [1.54, 1.807) is 23.7 Å². The van der Waals surface area contributed by atoms with Gasteiger partial charge in [-0.1, -0.05) is 63.1 Å². The van der Waals surface area contributed by atoms with E-state index in [9.17, 15) is 4.79 Å². The van der Waals surface area contributed by atoms with Crippen LogP contribution in [-0.2, 0) is 6.61 Å². The third-order valence-corrected chi connectivity index (χ3v) is 6.77. The topological polar surface area (TPSA) is 52.8 Å². The van der Waals surface area contributed by atoms with Gasteiger partial charge in [-0.25, -0.2) is 9.38 Å². The van der Waals surface area contributed by atoms with E-state index in [0.29, 0.717) is 32.6 Å². The molecule has 0 aliphatic carbocycles. The Kier molecular flexibility index (Phi) is 5.63. The van der Waals surface area contributed by atoms with Gasteiger partial charge in [0, 0.05) is 4.47 Å². The van der Waals surface area contributed by atoms with Gasteiger partial charge in [-0.05, 0) is 53.6 Å². The first-order chi connectivity index (χ1) is 15.5. The van der Waals surface area contributed by atoms with Crippen LogP contribution in [0.15, 0.2) is 69.9 Å². The monoisotopic (exact) mass is 526 g/mol. The number of para-hydroxylation sites is 2. The van der Waals surface area contributed by atoms with E-state index in [4.69, 9.17) is 21.1 Å². The zero-order valence-electron chi connectivity index (χ0n) is 16.8. The lowest BCUT2D eigenvalue weighted by Crippen LogP contribution is -2.22. The molecule has 2 heterocycles. The van der Waals surface area contributed by atoms with Gasteiger partial charge in [-0.15, -0.1) is 0 Å². The lowest BCUT2D eigenvalue weighted by atomic mass is 10.2. The van der Waals surface area contributed by atoms with Crippen molar-refractivity contribution < 1.29 is 9.47 Å². The summed E-state index contributed by atoms with van der Waals surface area (Å²) in [7, 11) is 1.56. The van der Waals surface area contributed by atoms with Crippen molar-refractivity contribution in [3.63, 3.8) is 0 Å². The van der Waals surface area contributed by atoms with Crippen LogP contribution >= 0.6 is 38.9 Å². The van der Waals surface area contributed by atoms with Crippen LogP contribution in [0, 0.1) is 0 Å². The van der Waals surface area contributed by atoms with Gasteiger partial charge in [0.05, 0.1) is 27.7 Å². The number of imidazole rings is 1. The number of fused-ring (bicyclic) bond motifs is 3. The van der Waals surface area contributed by atoms with Crippen molar-refractivity contribution in [2.45, 2.75) is 6.61 Å². The van der Waals surface area contributed by atoms with Crippen molar-refractivity contribution in [3.8, 4) is 11.5 Å². The van der Waals surface area contributed by atoms with Gasteiger partial charge < -0.3 is 9.47 Å². The van der Waals surface area contributed by atoms with Crippen LogP contribution < -0.4 is 19.6 Å². The van der Waals surface area contributed by atoms with Crippen molar-refractivity contribution in [2.24, 2.45) is 0 Å². The molecule has 0 aliphatic rings. The highest BCUT2D eigenvalue weighted by Crippen LogP contribution is 2.37. The largest absolute Gasteiger partial charge is 0.493 e. The number of ether oxygens (including phenoxy) is 2. The Morgan fingerprint density at radius 2 is 1.94 bits per heavy atom. The Balaban J connectivity index is 1.51. The summed E-state index contributed by atoms with van der Waals surface area (Å²) in [5.74, 6) is 0.962. The number of rotatable bonds is 5. The second-order valence-corrected chi connectivity index (χ2v) is 9.42. The zero-order chi connectivity index (χ0) is 22.2. The molecular formula is C24H16BrClN2O3S. The van der Waals surface area contributed by atoms with Gasteiger partial charge in [0.25, 0.3) is 5.56 Å². The fourth-order valence-corrected chi connectivity index (χ4v) is 4.99. The first-order valence-corrected chi connectivity index (χ1v) is 11.7. The molecule has 0 saturated heterocycles. The molecule has 0 fully saturated rings. The molecule has 0 unspecified atom stereocenters. The molecule has 160 valence electrons. The van der Waals surface area contributed by atoms with Gasteiger partial charge in [0.1, 0.15) is 6.61 Å². The fraction of sp³-hybridized carbons (Fsp3) is 0.0833. The van der Waals surface area contributed by atoms with Crippen molar-refractivity contribution in [1.29, 1.82) is 0 Å². The van der Waals surface area contributed by atoms with Crippen LogP contribution in [0.2, 0.25) is 5.02 Å². The minimum Gasteiger partial charge on any atom is -0.493 e. The summed E-state index contributed by atoms with van der Waals surface area (Å²) in [5.41, 5.74) is 3.25. The molecule has 0 atom stereocenters. The Labute approximate surface area is 200 Å². The number of hydrogen-bond donors (Lipinski definition) is 0. The molecule has 0 N–H and O–H groups in total. The Morgan fingerprint density at radius 1 is 1.16 bits per heavy atom. The molecule has 0 bridgehead atoms. The summed E-state index contributed by atoms with van der Waals surface area (Å²) < 4.78 is 14.7. The molecule has 8 heteroatoms. The Bertz CT molecular complexity index is 1560. The van der Waals surface area contributed by atoms with Crippen LogP contribution in [0.4, 0.5) is 0 Å². The van der Waals surface area contributed by atoms with E-state index in [2.05, 4.69) is 20.9 Å². The van der Waals surface area contributed by atoms with E-state index in [-0.39, 0.29) is 5.56 Å². The third kappa shape index (κ3) is 3.88. The third-order valence-electron chi connectivity index (χ3n) is 4.99. The van der Waals surface area contributed by atoms with Crippen LogP contribution in [0.1, 0.15) is 11.1 Å². The molecule has 0 amide bonds. The standard InChI is InChI=1S/C24H16BrClN2O3S/c1-30-20-11-15(10-17(26)22(20)31-13-14-6-8-16(25)9-7-14)12-21-23(29)28-19-5-3-2-4-18(19)27-24(28)32-21/h2-12H,13H2,1H3. The summed E-state index contributed by atoms with van der Waals surface area (Å²) in [4.78, 5) is 18.2. The highest BCUT2D eigenvalue weighted by atomic mass is 79.9. The number of halogens is 2. The molecule has 0 aliphatic heterocycles. The summed E-state index contributed by atoms with van der Waals surface area (Å²) in [6.07, 6.45) is 1.79. The first-order valence-electron chi connectivity index (χ1n) is 9.70. The number of methoxy groups -OCH3 is 1. The normalized spacial score (nSPS) is 12.0. The second-order valence-electron chi connectivity index (χ2n) is 7.08. The zero-order valence-corrected chi connectivity index (χ0v) is 20.0. The molecule has 0 spiro atoms. The van der Waals surface area contributed by atoms with E-state index in [1.165, 1.54) is 11.3 Å². The molecular weight excluding hydrogens is 512 g/mol. The average Bonchev–Trinajstić information content (AvgIpc) is 3.30. The smallest absolute Gasteiger partial charge is 0.274 e. The number of benzene rings is 3. The Morgan fingerprint density at radius 3 is 2.72 bits per heavy atom. The molecule has 0 saturated carbocycles. The van der Waals surface area contributed by atoms with Crippen LogP contribution in [0.25, 0.3) is 22.1 Å². The molecule has 32 heavy (non-hydrogen) atoms. The number of thiazole rings is 1. The van der Waals surface area contributed by atoms with Crippen molar-refractivity contribution in [2.75, 3.05) is 7.11 Å². The van der Waals surface area contributed by atoms with E-state index in [0.717, 1.165) is 26.6 Å². The second kappa shape index (κ2) is 8.58. The lowest BCUT2D eigenvalue weighted by Gasteiger charge is -2.13. The average molecular weight is 528 g/mol. The summed E-state index contributed by atoms with van der Waals surface area (Å²) in [6, 6.07) is 19.0. The number of aromatic nitrogens is 2. The quantitative estimate of drug-likeness (QED) is 0.305. The summed E-state index contributed by atoms with van der Waals surface area (Å²) in [6.45, 7) is 0.353. The van der Waals surface area contributed by atoms with E-state index >= 15 is 0 Å². The van der Waals surface area contributed by atoms with Crippen LogP contribution in [0.5, 0.6) is 11.5 Å². The summed E-state index contributed by atoms with van der Waals surface area (Å²) >= 11 is 11.3. The first kappa shape index (κ1) is 21.0. The molecule has 3 aromatic carbocycles. The van der Waals surface area contributed by atoms with Gasteiger partial charge in [0.15, 0.2) is 16.5 Å². The Hall–Kier alpha value is -2.87. The van der Waals surface area contributed by atoms with E-state index in [1.807, 2.05) is 54.6 Å². The van der Waals surface area contributed by atoms with Gasteiger partial charge >= 0.3 is 0 Å². The molecule has 5 nitrogen and oxygen atoms in total. The SMILES string of the molecule is COc1cc(C=c2sc3nc4ccccc4n3c2=O)cc(Cl)c1OCc1ccc(Br)cc1. The fourth-order valence-electron chi connectivity index (χ4n) is 3.46. The van der Waals surface area contributed by atoms with Gasteiger partial charge in [0.2, 0.25) is 0 Å². The van der Waals surface area contributed by atoms with E-state index < -0.39 is 0 Å².